The number of hydrogen-bond donors (Lipinski definition) is 0. The molecule has 1 aliphatic heterocycles. The Hall–Kier alpha value is -0.0400. The zero-order valence-electron chi connectivity index (χ0n) is 15.2. The second-order valence-electron chi connectivity index (χ2n) is 8.41. The van der Waals surface area contributed by atoms with Gasteiger partial charge in [-0.25, -0.2) is 4.79 Å². The van der Waals surface area contributed by atoms with Gasteiger partial charge in [-0.05, 0) is 47.0 Å². The van der Waals surface area contributed by atoms with Crippen molar-refractivity contribution in [3.8, 4) is 0 Å². The lowest BCUT2D eigenvalue weighted by Gasteiger charge is -2.36. The van der Waals surface area contributed by atoms with E-state index >= 15 is 0 Å². The highest BCUT2D eigenvalue weighted by Crippen LogP contribution is 2.39. The first-order chi connectivity index (χ1) is 10.6. The van der Waals surface area contributed by atoms with E-state index in [0.29, 0.717) is 5.92 Å². The maximum Gasteiger partial charge on any atom is 0.412 e. The van der Waals surface area contributed by atoms with E-state index in [2.05, 4.69) is 22.6 Å². The van der Waals surface area contributed by atoms with Crippen LogP contribution in [0, 0.1) is 5.92 Å². The summed E-state index contributed by atoms with van der Waals surface area (Å²) in [5, 5.41) is 0. The molecule has 0 aromatic carbocycles. The van der Waals surface area contributed by atoms with Gasteiger partial charge in [0.15, 0.2) is 0 Å². The van der Waals surface area contributed by atoms with Crippen molar-refractivity contribution in [3.63, 3.8) is 0 Å². The minimum Gasteiger partial charge on any atom is -0.444 e. The summed E-state index contributed by atoms with van der Waals surface area (Å²) in [7, 11) is 0. The molecule has 0 N–H and O–H groups in total. The summed E-state index contributed by atoms with van der Waals surface area (Å²) in [6.45, 7) is 9.72. The highest BCUT2D eigenvalue weighted by Gasteiger charge is 2.51. The van der Waals surface area contributed by atoms with Crippen LogP contribution in [0.25, 0.3) is 0 Å². The maximum atomic E-state index is 12.8. The Morgan fingerprint density at radius 3 is 2.39 bits per heavy atom. The van der Waals surface area contributed by atoms with Gasteiger partial charge in [0.05, 0.1) is 12.1 Å². The van der Waals surface area contributed by atoms with Crippen LogP contribution < -0.4 is 0 Å². The first-order valence-corrected chi connectivity index (χ1v) is 10.4. The van der Waals surface area contributed by atoms with Crippen molar-refractivity contribution in [2.45, 2.75) is 96.6 Å². The van der Waals surface area contributed by atoms with Crippen LogP contribution in [0.4, 0.5) is 4.79 Å². The van der Waals surface area contributed by atoms with E-state index < -0.39 is 11.3 Å². The molecule has 1 aliphatic carbocycles. The Morgan fingerprint density at radius 1 is 1.26 bits per heavy atom. The third-order valence-electron chi connectivity index (χ3n) is 4.82. The van der Waals surface area contributed by atoms with Crippen LogP contribution >= 0.6 is 22.6 Å². The van der Waals surface area contributed by atoms with Crippen LogP contribution in [0.15, 0.2) is 0 Å². The van der Waals surface area contributed by atoms with Crippen molar-refractivity contribution in [1.29, 1.82) is 0 Å². The smallest absolute Gasteiger partial charge is 0.412 e. The summed E-state index contributed by atoms with van der Waals surface area (Å²) in [5.41, 5.74) is -1.08. The summed E-state index contributed by atoms with van der Waals surface area (Å²) in [6, 6.07) is 0.125. The molecule has 0 bridgehead atoms. The molecule has 0 spiro atoms. The molecule has 1 amide bonds. The Morgan fingerprint density at radius 2 is 1.87 bits per heavy atom. The molecule has 2 unspecified atom stereocenters. The van der Waals surface area contributed by atoms with E-state index in [1.165, 1.54) is 32.1 Å². The molecule has 23 heavy (non-hydrogen) atoms. The SMILES string of the molecule is CC(C)(C)OC(=O)N1C(CC2CCCCC2)C(CI)OC1(C)C. The Balaban J connectivity index is 2.16. The molecule has 5 heteroatoms. The third kappa shape index (κ3) is 4.97. The molecule has 0 radical (unpaired) electrons. The Kier molecular flexibility index (Phi) is 6.26. The van der Waals surface area contributed by atoms with Gasteiger partial charge in [-0.3, -0.25) is 4.90 Å². The van der Waals surface area contributed by atoms with E-state index in [-0.39, 0.29) is 18.2 Å². The summed E-state index contributed by atoms with van der Waals surface area (Å²) < 4.78 is 12.8. The van der Waals surface area contributed by atoms with Gasteiger partial charge < -0.3 is 9.47 Å². The van der Waals surface area contributed by atoms with E-state index in [4.69, 9.17) is 9.47 Å². The van der Waals surface area contributed by atoms with Gasteiger partial charge in [-0.2, -0.15) is 0 Å². The van der Waals surface area contributed by atoms with E-state index in [1.807, 2.05) is 39.5 Å². The zero-order valence-corrected chi connectivity index (χ0v) is 17.4. The maximum absolute atomic E-state index is 12.8. The average molecular weight is 437 g/mol. The molecule has 2 rings (SSSR count). The number of alkyl halides is 1. The predicted molar refractivity (Wildman–Crippen MR) is 101 cm³/mol. The van der Waals surface area contributed by atoms with Crippen molar-refractivity contribution in [2.24, 2.45) is 5.92 Å². The molecule has 2 atom stereocenters. The van der Waals surface area contributed by atoms with Crippen LogP contribution in [-0.4, -0.2) is 38.9 Å². The Labute approximate surface area is 154 Å². The van der Waals surface area contributed by atoms with Crippen molar-refractivity contribution < 1.29 is 14.3 Å². The summed E-state index contributed by atoms with van der Waals surface area (Å²) in [4.78, 5) is 14.7. The van der Waals surface area contributed by atoms with Crippen LogP contribution in [-0.2, 0) is 9.47 Å². The standard InChI is InChI=1S/C18H32INO3/c1-17(2,3)23-16(21)20-14(11-13-9-7-6-8-10-13)15(12-19)22-18(20,4)5/h13-15H,6-12H2,1-5H3. The van der Waals surface area contributed by atoms with Gasteiger partial charge in [-0.1, -0.05) is 54.7 Å². The van der Waals surface area contributed by atoms with Crippen molar-refractivity contribution in [3.05, 3.63) is 0 Å². The lowest BCUT2D eigenvalue weighted by atomic mass is 9.83. The van der Waals surface area contributed by atoms with E-state index in [9.17, 15) is 4.79 Å². The molecule has 2 aliphatic rings. The topological polar surface area (TPSA) is 38.8 Å². The quantitative estimate of drug-likeness (QED) is 0.454. The molecule has 0 aromatic rings. The number of amides is 1. The zero-order chi connectivity index (χ0) is 17.3. The van der Waals surface area contributed by atoms with Crippen LogP contribution in [0.5, 0.6) is 0 Å². The molecule has 4 nitrogen and oxygen atoms in total. The molecular weight excluding hydrogens is 405 g/mol. The molecule has 0 aromatic heterocycles. The van der Waals surface area contributed by atoms with Crippen molar-refractivity contribution in [2.75, 3.05) is 4.43 Å². The van der Waals surface area contributed by atoms with Crippen molar-refractivity contribution >= 4 is 28.7 Å². The first-order valence-electron chi connectivity index (χ1n) is 8.90. The fourth-order valence-corrected chi connectivity index (χ4v) is 4.66. The summed E-state index contributed by atoms with van der Waals surface area (Å²) in [5.74, 6) is 0.710. The number of carbonyl (C=O) groups is 1. The number of nitrogens with zero attached hydrogens (tertiary/aromatic N) is 1. The summed E-state index contributed by atoms with van der Waals surface area (Å²) in [6.07, 6.45) is 7.47. The summed E-state index contributed by atoms with van der Waals surface area (Å²) >= 11 is 2.37. The highest BCUT2D eigenvalue weighted by atomic mass is 127. The molecule has 134 valence electrons. The number of carbonyl (C=O) groups excluding carboxylic acids is 1. The fourth-order valence-electron chi connectivity index (χ4n) is 3.89. The first kappa shape index (κ1) is 19.3. The molecule has 1 saturated carbocycles. The van der Waals surface area contributed by atoms with Gasteiger partial charge in [-0.15, -0.1) is 0 Å². The minimum atomic E-state index is -0.600. The number of rotatable bonds is 3. The van der Waals surface area contributed by atoms with Gasteiger partial charge >= 0.3 is 6.09 Å². The molecule has 1 heterocycles. The van der Waals surface area contributed by atoms with Gasteiger partial charge in [0.2, 0.25) is 0 Å². The minimum absolute atomic E-state index is 0.0973. The monoisotopic (exact) mass is 437 g/mol. The highest BCUT2D eigenvalue weighted by molar-refractivity contribution is 14.1. The largest absolute Gasteiger partial charge is 0.444 e. The second kappa shape index (κ2) is 7.46. The van der Waals surface area contributed by atoms with Gasteiger partial charge in [0.25, 0.3) is 0 Å². The van der Waals surface area contributed by atoms with E-state index in [0.717, 1.165) is 10.8 Å². The van der Waals surface area contributed by atoms with Crippen LogP contribution in [0.2, 0.25) is 0 Å². The third-order valence-corrected chi connectivity index (χ3v) is 5.69. The van der Waals surface area contributed by atoms with E-state index in [1.54, 1.807) is 0 Å². The van der Waals surface area contributed by atoms with Gasteiger partial charge in [0.1, 0.15) is 11.3 Å². The van der Waals surface area contributed by atoms with Crippen molar-refractivity contribution in [1.82, 2.24) is 4.90 Å². The predicted octanol–water partition coefficient (Wildman–Crippen LogP) is 5.13. The average Bonchev–Trinajstić information content (AvgIpc) is 2.68. The lowest BCUT2D eigenvalue weighted by Crippen LogP contribution is -2.51. The normalized spacial score (nSPS) is 28.9. The lowest BCUT2D eigenvalue weighted by molar-refractivity contribution is -0.0747. The molecule has 1 saturated heterocycles. The molecular formula is C18H32INO3. The van der Waals surface area contributed by atoms with Crippen LogP contribution in [0.1, 0.15) is 73.1 Å². The fraction of sp³-hybridized carbons (Fsp3) is 0.944. The van der Waals surface area contributed by atoms with Gasteiger partial charge in [0, 0.05) is 4.43 Å². The molecule has 2 fully saturated rings. The Bertz CT molecular complexity index is 413. The number of hydrogen-bond acceptors (Lipinski definition) is 3. The number of halogens is 1. The second-order valence-corrected chi connectivity index (χ2v) is 9.30. The van der Waals surface area contributed by atoms with Crippen LogP contribution in [0.3, 0.4) is 0 Å². The number of ether oxygens (including phenoxy) is 2.